The second-order valence-electron chi connectivity index (χ2n) is 5.67. The zero-order chi connectivity index (χ0) is 13.5. The van der Waals surface area contributed by atoms with E-state index < -0.39 is 0 Å². The first-order chi connectivity index (χ1) is 9.33. The smallest absolute Gasteiger partial charge is 0.230 e. The highest BCUT2D eigenvalue weighted by atomic mass is 16.4. The Labute approximate surface area is 116 Å². The lowest BCUT2D eigenvalue weighted by atomic mass is 9.80. The number of hydrogen-bond donors (Lipinski definition) is 1. The fourth-order valence-electron chi connectivity index (χ4n) is 2.93. The van der Waals surface area contributed by atoms with E-state index in [2.05, 4.69) is 29.4 Å². The minimum atomic E-state index is 0.501. The molecule has 4 heteroatoms. The van der Waals surface area contributed by atoms with Crippen molar-refractivity contribution in [3.63, 3.8) is 0 Å². The van der Waals surface area contributed by atoms with Crippen molar-refractivity contribution in [2.45, 2.75) is 71.3 Å². The van der Waals surface area contributed by atoms with Crippen LogP contribution in [0.2, 0.25) is 0 Å². The predicted octanol–water partition coefficient (Wildman–Crippen LogP) is 3.64. The zero-order valence-corrected chi connectivity index (χ0v) is 12.3. The number of rotatable bonds is 7. The van der Waals surface area contributed by atoms with Gasteiger partial charge in [0.05, 0.1) is 6.54 Å². The van der Waals surface area contributed by atoms with E-state index in [4.69, 9.17) is 4.42 Å². The molecule has 2 rings (SSSR count). The van der Waals surface area contributed by atoms with Crippen molar-refractivity contribution >= 4 is 0 Å². The highest BCUT2D eigenvalue weighted by molar-refractivity contribution is 4.94. The van der Waals surface area contributed by atoms with Gasteiger partial charge in [0.2, 0.25) is 11.8 Å². The van der Waals surface area contributed by atoms with Crippen LogP contribution in [-0.2, 0) is 6.54 Å². The Morgan fingerprint density at radius 1 is 1.16 bits per heavy atom. The highest BCUT2D eigenvalue weighted by Gasteiger charge is 2.25. The SMILES string of the molecule is CCCCC1CCC(c2nnc(CNCC)o2)CC1. The second-order valence-corrected chi connectivity index (χ2v) is 5.67. The number of unbranched alkanes of at least 4 members (excludes halogenated alkanes) is 1. The molecule has 1 fully saturated rings. The standard InChI is InChI=1S/C15H27N3O/c1-3-5-6-12-7-9-13(10-8-12)15-18-17-14(19-15)11-16-4-2/h12-13,16H,3-11H2,1-2H3. The average molecular weight is 265 g/mol. The Morgan fingerprint density at radius 3 is 2.63 bits per heavy atom. The summed E-state index contributed by atoms with van der Waals surface area (Å²) in [5.74, 6) is 3.02. The lowest BCUT2D eigenvalue weighted by molar-refractivity contribution is 0.273. The molecule has 0 aliphatic heterocycles. The molecule has 1 saturated carbocycles. The third-order valence-electron chi connectivity index (χ3n) is 4.17. The molecule has 1 N–H and O–H groups in total. The summed E-state index contributed by atoms with van der Waals surface area (Å²) in [5, 5.41) is 11.6. The van der Waals surface area contributed by atoms with Gasteiger partial charge in [-0.3, -0.25) is 0 Å². The van der Waals surface area contributed by atoms with Gasteiger partial charge >= 0.3 is 0 Å². The second kappa shape index (κ2) is 7.63. The van der Waals surface area contributed by atoms with Crippen LogP contribution in [0.25, 0.3) is 0 Å². The van der Waals surface area contributed by atoms with Crippen molar-refractivity contribution in [3.05, 3.63) is 11.8 Å². The average Bonchev–Trinajstić information content (AvgIpc) is 2.92. The molecule has 0 aromatic carbocycles. The van der Waals surface area contributed by atoms with E-state index >= 15 is 0 Å². The number of hydrogen-bond acceptors (Lipinski definition) is 4. The molecular formula is C15H27N3O. The van der Waals surface area contributed by atoms with E-state index in [0.29, 0.717) is 12.5 Å². The maximum Gasteiger partial charge on any atom is 0.230 e. The molecule has 0 radical (unpaired) electrons. The largest absolute Gasteiger partial charge is 0.424 e. The van der Waals surface area contributed by atoms with Gasteiger partial charge < -0.3 is 9.73 Å². The van der Waals surface area contributed by atoms with Crippen LogP contribution in [-0.4, -0.2) is 16.7 Å². The third kappa shape index (κ3) is 4.30. The van der Waals surface area contributed by atoms with Gasteiger partial charge in [-0.2, -0.15) is 0 Å². The van der Waals surface area contributed by atoms with Gasteiger partial charge in [0.15, 0.2) is 0 Å². The Bertz CT molecular complexity index is 356. The van der Waals surface area contributed by atoms with Crippen molar-refractivity contribution in [1.82, 2.24) is 15.5 Å². The van der Waals surface area contributed by atoms with Crippen molar-refractivity contribution in [2.75, 3.05) is 6.54 Å². The van der Waals surface area contributed by atoms with E-state index in [1.54, 1.807) is 0 Å². The monoisotopic (exact) mass is 265 g/mol. The Balaban J connectivity index is 1.78. The fourth-order valence-corrected chi connectivity index (χ4v) is 2.93. The molecule has 4 nitrogen and oxygen atoms in total. The van der Waals surface area contributed by atoms with Crippen LogP contribution in [0.1, 0.15) is 76.5 Å². The molecule has 1 aliphatic rings. The molecule has 0 saturated heterocycles. The van der Waals surface area contributed by atoms with Gasteiger partial charge in [0.1, 0.15) is 0 Å². The number of aromatic nitrogens is 2. The molecule has 1 aliphatic carbocycles. The summed E-state index contributed by atoms with van der Waals surface area (Å²) in [6, 6.07) is 0. The first kappa shape index (κ1) is 14.5. The van der Waals surface area contributed by atoms with E-state index in [0.717, 1.165) is 24.2 Å². The summed E-state index contributed by atoms with van der Waals surface area (Å²) >= 11 is 0. The molecule has 0 spiro atoms. The molecule has 0 bridgehead atoms. The fraction of sp³-hybridized carbons (Fsp3) is 0.867. The van der Waals surface area contributed by atoms with Gasteiger partial charge in [-0.1, -0.05) is 33.1 Å². The van der Waals surface area contributed by atoms with Crippen molar-refractivity contribution in [1.29, 1.82) is 0 Å². The molecule has 108 valence electrons. The summed E-state index contributed by atoms with van der Waals surface area (Å²) in [4.78, 5) is 0. The van der Waals surface area contributed by atoms with Crippen molar-refractivity contribution in [2.24, 2.45) is 5.92 Å². The Morgan fingerprint density at radius 2 is 1.95 bits per heavy atom. The third-order valence-corrected chi connectivity index (χ3v) is 4.17. The first-order valence-corrected chi connectivity index (χ1v) is 7.86. The molecule has 1 heterocycles. The van der Waals surface area contributed by atoms with E-state index in [1.165, 1.54) is 44.9 Å². The van der Waals surface area contributed by atoms with E-state index in [-0.39, 0.29) is 0 Å². The van der Waals surface area contributed by atoms with Crippen molar-refractivity contribution < 1.29 is 4.42 Å². The van der Waals surface area contributed by atoms with Gasteiger partial charge in [0, 0.05) is 5.92 Å². The quantitative estimate of drug-likeness (QED) is 0.817. The molecule has 0 amide bonds. The normalized spacial score (nSPS) is 23.7. The summed E-state index contributed by atoms with van der Waals surface area (Å²) in [5.41, 5.74) is 0. The van der Waals surface area contributed by atoms with E-state index in [1.807, 2.05) is 0 Å². The number of nitrogens with one attached hydrogen (secondary N) is 1. The minimum absolute atomic E-state index is 0.501. The zero-order valence-electron chi connectivity index (χ0n) is 12.3. The summed E-state index contributed by atoms with van der Waals surface area (Å²) in [6.07, 6.45) is 9.19. The summed E-state index contributed by atoms with van der Waals surface area (Å²) in [6.45, 7) is 5.97. The van der Waals surface area contributed by atoms with Crippen LogP contribution in [0.4, 0.5) is 0 Å². The number of nitrogens with zero attached hydrogens (tertiary/aromatic N) is 2. The van der Waals surface area contributed by atoms with Gasteiger partial charge in [0.25, 0.3) is 0 Å². The summed E-state index contributed by atoms with van der Waals surface area (Å²) < 4.78 is 5.76. The van der Waals surface area contributed by atoms with Crippen LogP contribution >= 0.6 is 0 Å². The highest BCUT2D eigenvalue weighted by Crippen LogP contribution is 2.37. The molecule has 0 unspecified atom stereocenters. The molecule has 0 atom stereocenters. The van der Waals surface area contributed by atoms with Crippen LogP contribution in [0, 0.1) is 5.92 Å². The Hall–Kier alpha value is -0.900. The maximum atomic E-state index is 5.76. The van der Waals surface area contributed by atoms with Crippen LogP contribution in [0.3, 0.4) is 0 Å². The van der Waals surface area contributed by atoms with Crippen LogP contribution in [0.15, 0.2) is 4.42 Å². The van der Waals surface area contributed by atoms with Crippen LogP contribution in [0.5, 0.6) is 0 Å². The van der Waals surface area contributed by atoms with Crippen molar-refractivity contribution in [3.8, 4) is 0 Å². The van der Waals surface area contributed by atoms with E-state index in [9.17, 15) is 0 Å². The predicted molar refractivity (Wildman–Crippen MR) is 75.9 cm³/mol. The van der Waals surface area contributed by atoms with Gasteiger partial charge in [-0.25, -0.2) is 0 Å². The molecule has 1 aromatic heterocycles. The van der Waals surface area contributed by atoms with Gasteiger partial charge in [-0.05, 0) is 38.1 Å². The van der Waals surface area contributed by atoms with Crippen LogP contribution < -0.4 is 5.32 Å². The minimum Gasteiger partial charge on any atom is -0.424 e. The Kier molecular flexibility index (Phi) is 5.83. The van der Waals surface area contributed by atoms with Gasteiger partial charge in [-0.15, -0.1) is 10.2 Å². The summed E-state index contributed by atoms with van der Waals surface area (Å²) in [7, 11) is 0. The topological polar surface area (TPSA) is 51.0 Å². The maximum absolute atomic E-state index is 5.76. The first-order valence-electron chi connectivity index (χ1n) is 7.86. The molecule has 19 heavy (non-hydrogen) atoms. The lowest BCUT2D eigenvalue weighted by Gasteiger charge is -2.26. The molecular weight excluding hydrogens is 238 g/mol. The molecule has 1 aromatic rings. The lowest BCUT2D eigenvalue weighted by Crippen LogP contribution is -2.13.